The minimum atomic E-state index is -0.404. The zero-order chi connectivity index (χ0) is 18.7. The second kappa shape index (κ2) is 7.53. The third kappa shape index (κ3) is 3.67. The van der Waals surface area contributed by atoms with Gasteiger partial charge >= 0.3 is 0 Å². The first-order chi connectivity index (χ1) is 12.5. The molecule has 1 fully saturated rings. The molecule has 1 aromatic carbocycles. The molecule has 1 saturated heterocycles. The van der Waals surface area contributed by atoms with Crippen molar-refractivity contribution in [2.24, 2.45) is 7.05 Å². The SMILES string of the molecule is Cc1ccc(NC(=O)c2cccc(=O)n2C)cc1C(=O)N1CCOCC1. The molecule has 1 aliphatic rings. The van der Waals surface area contributed by atoms with Gasteiger partial charge in [0.15, 0.2) is 0 Å². The van der Waals surface area contributed by atoms with E-state index in [9.17, 15) is 14.4 Å². The highest BCUT2D eigenvalue weighted by Crippen LogP contribution is 2.18. The molecule has 0 bridgehead atoms. The molecule has 7 heteroatoms. The van der Waals surface area contributed by atoms with Crippen LogP contribution in [0.4, 0.5) is 5.69 Å². The molecule has 0 atom stereocenters. The molecule has 1 aliphatic heterocycles. The van der Waals surface area contributed by atoms with Crippen LogP contribution in [0, 0.1) is 6.92 Å². The predicted molar refractivity (Wildman–Crippen MR) is 97.5 cm³/mol. The van der Waals surface area contributed by atoms with Crippen LogP contribution < -0.4 is 10.9 Å². The third-order valence-electron chi connectivity index (χ3n) is 4.44. The van der Waals surface area contributed by atoms with E-state index in [4.69, 9.17) is 4.74 Å². The number of hydrogen-bond donors (Lipinski definition) is 1. The number of ether oxygens (including phenoxy) is 1. The molecular weight excluding hydrogens is 334 g/mol. The van der Waals surface area contributed by atoms with Gasteiger partial charge in [0, 0.05) is 37.5 Å². The van der Waals surface area contributed by atoms with Crippen molar-refractivity contribution in [3.8, 4) is 0 Å². The van der Waals surface area contributed by atoms with Gasteiger partial charge in [0.05, 0.1) is 13.2 Å². The fraction of sp³-hybridized carbons (Fsp3) is 0.316. The number of pyridine rings is 1. The number of aromatic nitrogens is 1. The van der Waals surface area contributed by atoms with E-state index in [0.717, 1.165) is 5.56 Å². The summed E-state index contributed by atoms with van der Waals surface area (Å²) in [5.74, 6) is -0.479. The van der Waals surface area contributed by atoms with E-state index < -0.39 is 5.91 Å². The fourth-order valence-corrected chi connectivity index (χ4v) is 2.85. The van der Waals surface area contributed by atoms with Crippen LogP contribution in [0.1, 0.15) is 26.4 Å². The summed E-state index contributed by atoms with van der Waals surface area (Å²) in [7, 11) is 1.54. The first-order valence-corrected chi connectivity index (χ1v) is 8.42. The average molecular weight is 355 g/mol. The average Bonchev–Trinajstić information content (AvgIpc) is 2.65. The lowest BCUT2D eigenvalue weighted by atomic mass is 10.1. The van der Waals surface area contributed by atoms with Gasteiger partial charge in [-0.1, -0.05) is 12.1 Å². The predicted octanol–water partition coefficient (Wildman–Crippen LogP) is 1.42. The number of carbonyl (C=O) groups excluding carboxylic acids is 2. The summed E-state index contributed by atoms with van der Waals surface area (Å²) in [6, 6.07) is 9.72. The number of aryl methyl sites for hydroxylation is 1. The summed E-state index contributed by atoms with van der Waals surface area (Å²) in [6.45, 7) is 4.04. The first-order valence-electron chi connectivity index (χ1n) is 8.42. The maximum absolute atomic E-state index is 12.7. The number of anilines is 1. The molecule has 2 amide bonds. The minimum Gasteiger partial charge on any atom is -0.378 e. The standard InChI is InChI=1S/C19H21N3O4/c1-13-6-7-14(12-15(13)19(25)22-8-10-26-11-9-22)20-18(24)16-4-3-5-17(23)21(16)2/h3-7,12H,8-11H2,1-2H3,(H,20,24). The van der Waals surface area contributed by atoms with Gasteiger partial charge in [0.25, 0.3) is 17.4 Å². The first kappa shape index (κ1) is 17.9. The van der Waals surface area contributed by atoms with Gasteiger partial charge in [-0.05, 0) is 30.7 Å². The van der Waals surface area contributed by atoms with Crippen molar-refractivity contribution in [2.75, 3.05) is 31.6 Å². The van der Waals surface area contributed by atoms with E-state index in [-0.39, 0.29) is 17.2 Å². The number of benzene rings is 1. The van der Waals surface area contributed by atoms with Gasteiger partial charge in [-0.3, -0.25) is 14.4 Å². The molecule has 7 nitrogen and oxygen atoms in total. The molecule has 0 radical (unpaired) electrons. The molecule has 0 spiro atoms. The molecule has 3 rings (SSSR count). The quantitative estimate of drug-likeness (QED) is 0.903. The van der Waals surface area contributed by atoms with Gasteiger partial charge in [0.2, 0.25) is 0 Å². The van der Waals surface area contributed by atoms with Crippen molar-refractivity contribution >= 4 is 17.5 Å². The molecular formula is C19H21N3O4. The number of carbonyl (C=O) groups is 2. The van der Waals surface area contributed by atoms with Crippen LogP contribution in [-0.2, 0) is 11.8 Å². The van der Waals surface area contributed by atoms with Crippen molar-refractivity contribution in [2.45, 2.75) is 6.92 Å². The Balaban J connectivity index is 1.83. The zero-order valence-electron chi connectivity index (χ0n) is 14.8. The maximum Gasteiger partial charge on any atom is 0.272 e. The molecule has 0 unspecified atom stereocenters. The normalized spacial score (nSPS) is 14.2. The highest BCUT2D eigenvalue weighted by Gasteiger charge is 2.21. The smallest absolute Gasteiger partial charge is 0.272 e. The van der Waals surface area contributed by atoms with E-state index in [1.54, 1.807) is 42.3 Å². The second-order valence-corrected chi connectivity index (χ2v) is 6.20. The van der Waals surface area contributed by atoms with E-state index in [1.807, 2.05) is 6.92 Å². The Morgan fingerprint density at radius 1 is 1.12 bits per heavy atom. The molecule has 0 saturated carbocycles. The number of hydrogen-bond acceptors (Lipinski definition) is 4. The van der Waals surface area contributed by atoms with Crippen LogP contribution in [0.2, 0.25) is 0 Å². The maximum atomic E-state index is 12.7. The molecule has 26 heavy (non-hydrogen) atoms. The van der Waals surface area contributed by atoms with Crippen LogP contribution in [-0.4, -0.2) is 47.6 Å². The van der Waals surface area contributed by atoms with Crippen molar-refractivity contribution < 1.29 is 14.3 Å². The van der Waals surface area contributed by atoms with Gasteiger partial charge in [-0.15, -0.1) is 0 Å². The Labute approximate surface area is 151 Å². The number of rotatable bonds is 3. The lowest BCUT2D eigenvalue weighted by Gasteiger charge is -2.27. The van der Waals surface area contributed by atoms with Crippen molar-refractivity contribution in [1.82, 2.24) is 9.47 Å². The van der Waals surface area contributed by atoms with Crippen LogP contribution >= 0.6 is 0 Å². The third-order valence-corrected chi connectivity index (χ3v) is 4.44. The lowest BCUT2D eigenvalue weighted by Crippen LogP contribution is -2.41. The van der Waals surface area contributed by atoms with Gasteiger partial charge in [0.1, 0.15) is 5.69 Å². The molecule has 1 aromatic heterocycles. The van der Waals surface area contributed by atoms with E-state index >= 15 is 0 Å². The zero-order valence-corrected chi connectivity index (χ0v) is 14.8. The van der Waals surface area contributed by atoms with Crippen molar-refractivity contribution in [1.29, 1.82) is 0 Å². The van der Waals surface area contributed by atoms with Gasteiger partial charge < -0.3 is 19.5 Å². The summed E-state index contributed by atoms with van der Waals surface area (Å²) < 4.78 is 6.56. The Hall–Kier alpha value is -2.93. The number of nitrogens with one attached hydrogen (secondary N) is 1. The molecule has 0 aliphatic carbocycles. The fourth-order valence-electron chi connectivity index (χ4n) is 2.85. The monoisotopic (exact) mass is 355 g/mol. The largest absolute Gasteiger partial charge is 0.378 e. The highest BCUT2D eigenvalue weighted by molar-refractivity contribution is 6.04. The summed E-state index contributed by atoms with van der Waals surface area (Å²) >= 11 is 0. The van der Waals surface area contributed by atoms with E-state index in [0.29, 0.717) is 37.6 Å². The summed E-state index contributed by atoms with van der Waals surface area (Å²) in [6.07, 6.45) is 0. The summed E-state index contributed by atoms with van der Waals surface area (Å²) in [5, 5.41) is 2.76. The van der Waals surface area contributed by atoms with E-state index in [1.165, 1.54) is 10.6 Å². The van der Waals surface area contributed by atoms with Crippen LogP contribution in [0.25, 0.3) is 0 Å². The summed E-state index contributed by atoms with van der Waals surface area (Å²) in [5.41, 5.74) is 1.88. The molecule has 2 aromatic rings. The van der Waals surface area contributed by atoms with Gasteiger partial charge in [-0.25, -0.2) is 0 Å². The number of amides is 2. The molecule has 2 heterocycles. The van der Waals surface area contributed by atoms with Crippen LogP contribution in [0.15, 0.2) is 41.2 Å². The molecule has 1 N–H and O–H groups in total. The Morgan fingerprint density at radius 2 is 1.85 bits per heavy atom. The Kier molecular flexibility index (Phi) is 5.18. The Morgan fingerprint density at radius 3 is 2.58 bits per heavy atom. The lowest BCUT2D eigenvalue weighted by molar-refractivity contribution is 0.0302. The minimum absolute atomic E-state index is 0.0750. The van der Waals surface area contributed by atoms with Crippen molar-refractivity contribution in [3.05, 3.63) is 63.6 Å². The molecule has 136 valence electrons. The number of morpholine rings is 1. The highest BCUT2D eigenvalue weighted by atomic mass is 16.5. The Bertz CT molecular complexity index is 898. The summed E-state index contributed by atoms with van der Waals surface area (Å²) in [4.78, 5) is 38.6. The van der Waals surface area contributed by atoms with Crippen LogP contribution in [0.5, 0.6) is 0 Å². The van der Waals surface area contributed by atoms with Gasteiger partial charge in [-0.2, -0.15) is 0 Å². The topological polar surface area (TPSA) is 80.6 Å². The van der Waals surface area contributed by atoms with E-state index in [2.05, 4.69) is 5.32 Å². The number of nitrogens with zero attached hydrogens (tertiary/aromatic N) is 2. The second-order valence-electron chi connectivity index (χ2n) is 6.20. The van der Waals surface area contributed by atoms with Crippen LogP contribution in [0.3, 0.4) is 0 Å². The van der Waals surface area contributed by atoms with Crippen molar-refractivity contribution in [3.63, 3.8) is 0 Å².